The highest BCUT2D eigenvalue weighted by molar-refractivity contribution is 6.03. The summed E-state index contributed by atoms with van der Waals surface area (Å²) in [6.07, 6.45) is -4.68. The minimum absolute atomic E-state index is 0.0337. The molecule has 19 heavy (non-hydrogen) atoms. The summed E-state index contributed by atoms with van der Waals surface area (Å²) >= 11 is 0. The zero-order valence-corrected chi connectivity index (χ0v) is 10.5. The predicted molar refractivity (Wildman–Crippen MR) is 64.2 cm³/mol. The van der Waals surface area contributed by atoms with Crippen LogP contribution in [-0.4, -0.2) is 17.1 Å². The van der Waals surface area contributed by atoms with Gasteiger partial charge in [0.15, 0.2) is 5.78 Å². The van der Waals surface area contributed by atoms with Gasteiger partial charge in [0.05, 0.1) is 6.42 Å². The van der Waals surface area contributed by atoms with Gasteiger partial charge in [0.2, 0.25) is 0 Å². The summed E-state index contributed by atoms with van der Waals surface area (Å²) in [6, 6.07) is 4.23. The third-order valence-corrected chi connectivity index (χ3v) is 3.90. The Morgan fingerprint density at radius 2 is 2.05 bits per heavy atom. The van der Waals surface area contributed by atoms with Crippen LogP contribution in [0.2, 0.25) is 0 Å². The van der Waals surface area contributed by atoms with E-state index in [-0.39, 0.29) is 18.6 Å². The highest BCUT2D eigenvalue weighted by atomic mass is 19.4. The highest BCUT2D eigenvalue weighted by Gasteiger charge is 2.48. The van der Waals surface area contributed by atoms with E-state index in [2.05, 4.69) is 0 Å². The quantitative estimate of drug-likeness (QED) is 0.887. The molecule has 0 amide bonds. The second-order valence-electron chi connectivity index (χ2n) is 5.10. The van der Waals surface area contributed by atoms with Crippen molar-refractivity contribution < 1.29 is 23.1 Å². The van der Waals surface area contributed by atoms with E-state index in [9.17, 15) is 23.1 Å². The normalized spacial score (nSPS) is 23.3. The lowest BCUT2D eigenvalue weighted by Gasteiger charge is -2.36. The maximum atomic E-state index is 12.7. The summed E-state index contributed by atoms with van der Waals surface area (Å²) in [7, 11) is 0. The molecular formula is C14H15F3O2. The van der Waals surface area contributed by atoms with Crippen LogP contribution in [0.5, 0.6) is 5.75 Å². The van der Waals surface area contributed by atoms with E-state index in [1.54, 1.807) is 6.92 Å². The topological polar surface area (TPSA) is 37.3 Å². The fraction of sp³-hybridized carbons (Fsp3) is 0.500. The molecule has 0 heterocycles. The number of hydrogen-bond acceptors (Lipinski definition) is 2. The predicted octanol–water partition coefficient (Wildman–Crippen LogP) is 3.87. The maximum Gasteiger partial charge on any atom is 0.390 e. The van der Waals surface area contributed by atoms with E-state index < -0.39 is 23.8 Å². The molecule has 5 heteroatoms. The van der Waals surface area contributed by atoms with E-state index >= 15 is 0 Å². The van der Waals surface area contributed by atoms with Gasteiger partial charge in [-0.05, 0) is 43.0 Å². The third kappa shape index (κ3) is 2.60. The lowest BCUT2D eigenvalue weighted by atomic mass is 9.67. The van der Waals surface area contributed by atoms with Crippen molar-refractivity contribution in [1.29, 1.82) is 0 Å². The van der Waals surface area contributed by atoms with Crippen molar-refractivity contribution in [2.24, 2.45) is 5.41 Å². The molecule has 1 aromatic rings. The molecule has 0 spiro atoms. The van der Waals surface area contributed by atoms with Gasteiger partial charge in [0, 0.05) is 11.0 Å². The van der Waals surface area contributed by atoms with Gasteiger partial charge in [-0.25, -0.2) is 0 Å². The number of Topliss-reactive ketones (excluding diaryl/α,β-unsaturated/α-hetero) is 1. The van der Waals surface area contributed by atoms with E-state index in [0.717, 1.165) is 0 Å². The number of rotatable bonds is 2. The van der Waals surface area contributed by atoms with E-state index in [1.807, 2.05) is 0 Å². The average molecular weight is 272 g/mol. The van der Waals surface area contributed by atoms with Gasteiger partial charge >= 0.3 is 6.18 Å². The van der Waals surface area contributed by atoms with Crippen LogP contribution in [-0.2, 0) is 6.42 Å². The zero-order valence-electron chi connectivity index (χ0n) is 10.5. The van der Waals surface area contributed by atoms with E-state index in [0.29, 0.717) is 17.5 Å². The fourth-order valence-electron chi connectivity index (χ4n) is 2.80. The lowest BCUT2D eigenvalue weighted by Crippen LogP contribution is -2.39. The van der Waals surface area contributed by atoms with Crippen LogP contribution >= 0.6 is 0 Å². The van der Waals surface area contributed by atoms with Crippen molar-refractivity contribution in [1.82, 2.24) is 0 Å². The number of hydrogen-bond donors (Lipinski definition) is 1. The monoisotopic (exact) mass is 272 g/mol. The highest BCUT2D eigenvalue weighted by Crippen LogP contribution is 2.46. The second-order valence-corrected chi connectivity index (χ2v) is 5.10. The SMILES string of the molecule is CCC1(CC(F)(F)F)CCc2cc(O)ccc2C1=O. The van der Waals surface area contributed by atoms with Gasteiger partial charge in [-0.15, -0.1) is 0 Å². The number of carbonyl (C=O) groups is 1. The summed E-state index contributed by atoms with van der Waals surface area (Å²) in [6.45, 7) is 1.62. The summed E-state index contributed by atoms with van der Waals surface area (Å²) in [5, 5.41) is 9.36. The summed E-state index contributed by atoms with van der Waals surface area (Å²) in [4.78, 5) is 12.4. The smallest absolute Gasteiger partial charge is 0.390 e. The number of fused-ring (bicyclic) bond motifs is 1. The summed E-state index contributed by atoms with van der Waals surface area (Å²) < 4.78 is 38.1. The van der Waals surface area contributed by atoms with Gasteiger partial charge in [0.25, 0.3) is 0 Å². The Morgan fingerprint density at radius 3 is 2.63 bits per heavy atom. The van der Waals surface area contributed by atoms with Crippen LogP contribution in [0.4, 0.5) is 13.2 Å². The Morgan fingerprint density at radius 1 is 1.37 bits per heavy atom. The van der Waals surface area contributed by atoms with Crippen LogP contribution in [0.25, 0.3) is 0 Å². The molecule has 1 aromatic carbocycles. The Kier molecular flexibility index (Phi) is 3.32. The molecule has 0 bridgehead atoms. The average Bonchev–Trinajstić information content (AvgIpc) is 2.31. The van der Waals surface area contributed by atoms with Crippen molar-refractivity contribution in [2.75, 3.05) is 0 Å². The molecule has 0 aliphatic heterocycles. The molecule has 1 aliphatic carbocycles. The Labute approximate surface area is 109 Å². The molecule has 1 aliphatic rings. The van der Waals surface area contributed by atoms with Crippen LogP contribution in [0.15, 0.2) is 18.2 Å². The number of phenols is 1. The van der Waals surface area contributed by atoms with E-state index in [1.165, 1.54) is 18.2 Å². The fourth-order valence-corrected chi connectivity index (χ4v) is 2.80. The van der Waals surface area contributed by atoms with Gasteiger partial charge in [-0.2, -0.15) is 13.2 Å². The molecule has 0 fully saturated rings. The summed E-state index contributed by atoms with van der Waals surface area (Å²) in [5.74, 6) is -0.417. The molecule has 2 rings (SSSR count). The number of phenolic OH excluding ortho intramolecular Hbond substituents is 1. The van der Waals surface area contributed by atoms with Gasteiger partial charge in [-0.1, -0.05) is 6.92 Å². The minimum Gasteiger partial charge on any atom is -0.508 e. The zero-order chi connectivity index (χ0) is 14.3. The third-order valence-electron chi connectivity index (χ3n) is 3.90. The van der Waals surface area contributed by atoms with Crippen molar-refractivity contribution >= 4 is 5.78 Å². The number of ketones is 1. The first-order chi connectivity index (χ1) is 8.77. The Hall–Kier alpha value is -1.52. The molecule has 0 saturated carbocycles. The molecule has 1 atom stereocenters. The first kappa shape index (κ1) is 13.9. The van der Waals surface area contributed by atoms with Gasteiger partial charge < -0.3 is 5.11 Å². The molecule has 0 aromatic heterocycles. The number of aromatic hydroxyl groups is 1. The number of aryl methyl sites for hydroxylation is 1. The first-order valence-corrected chi connectivity index (χ1v) is 6.21. The van der Waals surface area contributed by atoms with E-state index in [4.69, 9.17) is 0 Å². The number of alkyl halides is 3. The van der Waals surface area contributed by atoms with Crippen LogP contribution in [0, 0.1) is 5.41 Å². The first-order valence-electron chi connectivity index (χ1n) is 6.21. The van der Waals surface area contributed by atoms with Crippen LogP contribution in [0.3, 0.4) is 0 Å². The largest absolute Gasteiger partial charge is 0.508 e. The molecule has 104 valence electrons. The minimum atomic E-state index is -4.35. The Balaban J connectivity index is 2.41. The number of carbonyl (C=O) groups excluding carboxylic acids is 1. The second kappa shape index (κ2) is 4.54. The molecule has 2 nitrogen and oxygen atoms in total. The maximum absolute atomic E-state index is 12.7. The van der Waals surface area contributed by atoms with Crippen molar-refractivity contribution in [2.45, 2.75) is 38.8 Å². The van der Waals surface area contributed by atoms with Crippen molar-refractivity contribution in [3.8, 4) is 5.75 Å². The van der Waals surface area contributed by atoms with Gasteiger partial charge in [0.1, 0.15) is 5.75 Å². The number of halogens is 3. The lowest BCUT2D eigenvalue weighted by molar-refractivity contribution is -0.154. The standard InChI is InChI=1S/C14H15F3O2/c1-2-13(8-14(15,16)17)6-5-9-7-10(18)3-4-11(9)12(13)19/h3-4,7,18H,2,5-6,8H2,1H3. The van der Waals surface area contributed by atoms with Crippen molar-refractivity contribution in [3.63, 3.8) is 0 Å². The molecular weight excluding hydrogens is 257 g/mol. The molecule has 0 saturated heterocycles. The van der Waals surface area contributed by atoms with Crippen molar-refractivity contribution in [3.05, 3.63) is 29.3 Å². The molecule has 1 N–H and O–H groups in total. The van der Waals surface area contributed by atoms with Gasteiger partial charge in [-0.3, -0.25) is 4.79 Å². The Bertz CT molecular complexity index is 508. The van der Waals surface area contributed by atoms with Crippen LogP contribution in [0.1, 0.15) is 42.1 Å². The molecule has 0 radical (unpaired) electrons. The summed E-state index contributed by atoms with van der Waals surface area (Å²) in [5.41, 5.74) is -0.395. The molecule has 1 unspecified atom stereocenters. The number of benzene rings is 1. The van der Waals surface area contributed by atoms with Crippen LogP contribution < -0.4 is 0 Å².